The summed E-state index contributed by atoms with van der Waals surface area (Å²) < 4.78 is 30.0. The Labute approximate surface area is 164 Å². The van der Waals surface area contributed by atoms with Gasteiger partial charge in [-0.25, -0.2) is 13.8 Å². The van der Waals surface area contributed by atoms with Crippen LogP contribution in [0.1, 0.15) is 11.4 Å². The molecule has 0 spiro atoms. The quantitative estimate of drug-likeness (QED) is 0.467. The number of halogens is 2. The highest BCUT2D eigenvalue weighted by Crippen LogP contribution is 2.34. The Bertz CT molecular complexity index is 1070. The minimum absolute atomic E-state index is 0.314. The van der Waals surface area contributed by atoms with E-state index >= 15 is 0 Å². The lowest BCUT2D eigenvalue weighted by atomic mass is 10.2. The molecule has 0 unspecified atom stereocenters. The third-order valence-corrected chi connectivity index (χ3v) is 7.04. The van der Waals surface area contributed by atoms with Crippen LogP contribution in [0, 0.1) is 25.5 Å². The van der Waals surface area contributed by atoms with Crippen LogP contribution in [0.3, 0.4) is 0 Å². The molecule has 1 aromatic heterocycles. The van der Waals surface area contributed by atoms with Crippen LogP contribution in [0.4, 0.5) is 8.78 Å². The van der Waals surface area contributed by atoms with E-state index in [-0.39, 0.29) is 0 Å². The minimum atomic E-state index is -1.01. The largest absolute Gasteiger partial charge is 0.294 e. The highest BCUT2D eigenvalue weighted by molar-refractivity contribution is 7.79. The lowest BCUT2D eigenvalue weighted by Gasteiger charge is -2.20. The maximum atomic E-state index is 14.7. The van der Waals surface area contributed by atoms with Gasteiger partial charge in [0.05, 0.1) is 11.4 Å². The first-order valence-electron chi connectivity index (χ1n) is 8.98. The second-order valence-electron chi connectivity index (χ2n) is 6.52. The summed E-state index contributed by atoms with van der Waals surface area (Å²) >= 11 is 0. The first kappa shape index (κ1) is 18.5. The molecule has 0 bridgehead atoms. The first-order valence-corrected chi connectivity index (χ1v) is 10.3. The summed E-state index contributed by atoms with van der Waals surface area (Å²) in [6.07, 6.45) is 0. The topological polar surface area (TPSA) is 17.8 Å². The maximum Gasteiger partial charge on any atom is 0.150 e. The zero-order chi connectivity index (χ0) is 19.7. The van der Waals surface area contributed by atoms with Crippen molar-refractivity contribution in [2.75, 3.05) is 0 Å². The molecule has 0 saturated carbocycles. The van der Waals surface area contributed by atoms with Crippen LogP contribution < -0.4 is 16.2 Å². The molecule has 0 atom stereocenters. The number of imidazole rings is 1. The molecule has 0 saturated heterocycles. The first-order chi connectivity index (χ1) is 13.6. The highest BCUT2D eigenvalue weighted by atomic mass is 31.1. The summed E-state index contributed by atoms with van der Waals surface area (Å²) in [4.78, 5) is 4.83. The number of nitrogens with zero attached hydrogens (tertiary/aromatic N) is 2. The Morgan fingerprint density at radius 3 is 1.89 bits per heavy atom. The molecule has 28 heavy (non-hydrogen) atoms. The molecule has 3 aromatic carbocycles. The van der Waals surface area contributed by atoms with Crippen molar-refractivity contribution in [3.05, 3.63) is 102 Å². The van der Waals surface area contributed by atoms with Gasteiger partial charge >= 0.3 is 0 Å². The van der Waals surface area contributed by atoms with Crippen molar-refractivity contribution in [1.82, 2.24) is 9.55 Å². The zero-order valence-electron chi connectivity index (χ0n) is 15.6. The van der Waals surface area contributed by atoms with E-state index in [1.54, 1.807) is 0 Å². The summed E-state index contributed by atoms with van der Waals surface area (Å²) in [7, 11) is -1.01. The smallest absolute Gasteiger partial charge is 0.150 e. The Kier molecular flexibility index (Phi) is 5.06. The number of aryl methyl sites for hydroxylation is 1. The average Bonchev–Trinajstić information content (AvgIpc) is 2.98. The lowest BCUT2D eigenvalue weighted by molar-refractivity contribution is 0.578. The van der Waals surface area contributed by atoms with Crippen molar-refractivity contribution in [3.63, 3.8) is 0 Å². The van der Waals surface area contributed by atoms with Gasteiger partial charge in [0, 0.05) is 19.7 Å². The Hall–Kier alpha value is -2.84. The molecule has 1 heterocycles. The molecule has 0 fully saturated rings. The van der Waals surface area contributed by atoms with Gasteiger partial charge in [0.2, 0.25) is 0 Å². The molecule has 4 aromatic rings. The SMILES string of the molecule is Cc1nc(P(c2ccccc2)c2ccccc2)n(-c2ccc(F)cc2F)c1C. The summed E-state index contributed by atoms with van der Waals surface area (Å²) in [6, 6.07) is 23.9. The summed E-state index contributed by atoms with van der Waals surface area (Å²) in [5, 5.41) is 2.25. The van der Waals surface area contributed by atoms with Crippen LogP contribution in [0.5, 0.6) is 0 Å². The third kappa shape index (κ3) is 3.36. The predicted molar refractivity (Wildman–Crippen MR) is 112 cm³/mol. The normalized spacial score (nSPS) is 11.2. The van der Waals surface area contributed by atoms with Crippen LogP contribution in [0.2, 0.25) is 0 Å². The van der Waals surface area contributed by atoms with Crippen LogP contribution in [0.25, 0.3) is 5.69 Å². The van der Waals surface area contributed by atoms with Crippen LogP contribution in [-0.2, 0) is 0 Å². The van der Waals surface area contributed by atoms with Crippen molar-refractivity contribution in [2.24, 2.45) is 0 Å². The van der Waals surface area contributed by atoms with Gasteiger partial charge in [-0.15, -0.1) is 0 Å². The van der Waals surface area contributed by atoms with Gasteiger partial charge in [0.1, 0.15) is 17.2 Å². The maximum absolute atomic E-state index is 14.7. The molecule has 0 N–H and O–H groups in total. The fraction of sp³-hybridized carbons (Fsp3) is 0.0870. The number of aromatic nitrogens is 2. The van der Waals surface area contributed by atoms with E-state index in [9.17, 15) is 8.78 Å². The molecule has 2 nitrogen and oxygen atoms in total. The molecule has 0 aliphatic carbocycles. The molecule has 0 aliphatic rings. The van der Waals surface area contributed by atoms with E-state index in [1.807, 2.05) is 54.8 Å². The standard InChI is InChI=1S/C23H19F2N2P/c1-16-17(2)27(22-14-13-18(24)15-21(22)25)23(26-16)28(19-9-5-3-6-10-19)20-11-7-4-8-12-20/h3-15H,1-2H3. The van der Waals surface area contributed by atoms with Crippen molar-refractivity contribution < 1.29 is 8.78 Å². The number of hydrogen-bond acceptors (Lipinski definition) is 1. The zero-order valence-corrected chi connectivity index (χ0v) is 16.5. The second kappa shape index (κ2) is 7.65. The highest BCUT2D eigenvalue weighted by Gasteiger charge is 2.26. The lowest BCUT2D eigenvalue weighted by Crippen LogP contribution is -2.28. The van der Waals surface area contributed by atoms with E-state index in [4.69, 9.17) is 4.98 Å². The van der Waals surface area contributed by atoms with E-state index in [1.165, 1.54) is 12.1 Å². The van der Waals surface area contributed by atoms with Gasteiger partial charge in [0.25, 0.3) is 0 Å². The van der Waals surface area contributed by atoms with E-state index in [0.29, 0.717) is 5.69 Å². The predicted octanol–water partition coefficient (Wildman–Crippen LogP) is 4.53. The van der Waals surface area contributed by atoms with E-state index in [0.717, 1.165) is 33.6 Å². The molecular weight excluding hydrogens is 373 g/mol. The molecular formula is C23H19F2N2P. The average molecular weight is 392 g/mol. The van der Waals surface area contributed by atoms with Crippen molar-refractivity contribution in [2.45, 2.75) is 13.8 Å². The number of rotatable bonds is 4. The second-order valence-corrected chi connectivity index (χ2v) is 8.62. The fourth-order valence-electron chi connectivity index (χ4n) is 3.23. The summed E-state index contributed by atoms with van der Waals surface area (Å²) in [6.45, 7) is 3.83. The van der Waals surface area contributed by atoms with Crippen molar-refractivity contribution in [1.29, 1.82) is 0 Å². The number of benzene rings is 3. The van der Waals surface area contributed by atoms with Gasteiger partial charge < -0.3 is 0 Å². The summed E-state index contributed by atoms with van der Waals surface area (Å²) in [5.74, 6) is -1.19. The van der Waals surface area contributed by atoms with Gasteiger partial charge in [-0.1, -0.05) is 60.7 Å². The van der Waals surface area contributed by atoms with Crippen molar-refractivity contribution >= 4 is 24.1 Å². The Morgan fingerprint density at radius 2 is 1.36 bits per heavy atom. The van der Waals surface area contributed by atoms with Gasteiger partial charge in [0.15, 0.2) is 0 Å². The monoisotopic (exact) mass is 392 g/mol. The molecule has 5 heteroatoms. The van der Waals surface area contributed by atoms with Crippen LogP contribution in [-0.4, -0.2) is 9.55 Å². The van der Waals surface area contributed by atoms with Gasteiger partial charge in [-0.05, 0) is 36.6 Å². The van der Waals surface area contributed by atoms with Crippen LogP contribution in [0.15, 0.2) is 78.9 Å². The minimum Gasteiger partial charge on any atom is -0.294 e. The summed E-state index contributed by atoms with van der Waals surface area (Å²) in [5.41, 5.74) is 2.76. The van der Waals surface area contributed by atoms with Crippen molar-refractivity contribution in [3.8, 4) is 5.69 Å². The molecule has 0 radical (unpaired) electrons. The molecule has 0 amide bonds. The fourth-order valence-corrected chi connectivity index (χ4v) is 5.64. The van der Waals surface area contributed by atoms with E-state index in [2.05, 4.69) is 24.3 Å². The Morgan fingerprint density at radius 1 is 0.786 bits per heavy atom. The van der Waals surface area contributed by atoms with Gasteiger partial charge in [-0.3, -0.25) is 4.57 Å². The van der Waals surface area contributed by atoms with Gasteiger partial charge in [-0.2, -0.15) is 0 Å². The molecule has 140 valence electrons. The number of hydrogen-bond donors (Lipinski definition) is 0. The third-order valence-electron chi connectivity index (χ3n) is 4.71. The van der Waals surface area contributed by atoms with E-state index < -0.39 is 19.6 Å². The molecule has 0 aliphatic heterocycles. The van der Waals surface area contributed by atoms with Crippen LogP contribution >= 0.6 is 7.92 Å². The molecule has 4 rings (SSSR count). The Balaban J connectivity index is 1.99.